The minimum absolute atomic E-state index is 0.0216. The number of carbonyl (C=O) groups is 2. The third kappa shape index (κ3) is 9.38. The average molecular weight is 737 g/mol. The van der Waals surface area contributed by atoms with E-state index in [1.165, 1.54) is 37.3 Å². The molecule has 0 aromatic heterocycles. The summed E-state index contributed by atoms with van der Waals surface area (Å²) < 4.78 is 41.4. The highest BCUT2D eigenvalue weighted by molar-refractivity contribution is 9.10. The van der Waals surface area contributed by atoms with Crippen LogP contribution in [0.25, 0.3) is 0 Å². The Balaban J connectivity index is 1.82. The Hall–Kier alpha value is -4.35. The van der Waals surface area contributed by atoms with Crippen molar-refractivity contribution in [1.82, 2.24) is 10.2 Å². The molecule has 11 heteroatoms. The molecule has 1 N–H and O–H groups in total. The number of ether oxygens (including phenoxy) is 2. The van der Waals surface area contributed by atoms with Crippen LogP contribution in [0.2, 0.25) is 0 Å². The van der Waals surface area contributed by atoms with Gasteiger partial charge in [0.1, 0.15) is 12.6 Å². The Kier molecular flexibility index (Phi) is 13.0. The van der Waals surface area contributed by atoms with E-state index >= 15 is 0 Å². The van der Waals surface area contributed by atoms with Gasteiger partial charge in [-0.15, -0.1) is 0 Å². The van der Waals surface area contributed by atoms with Crippen molar-refractivity contribution in [2.45, 2.75) is 50.6 Å². The molecule has 9 nitrogen and oxygen atoms in total. The molecule has 0 fully saturated rings. The van der Waals surface area contributed by atoms with E-state index < -0.39 is 28.5 Å². The molecule has 0 aliphatic rings. The standard InChI is InChI=1S/C37H42BrN3O6S/c1-5-6-22-39-37(43)33(23-28-10-8-7-9-11-28)40(25-29-14-16-30(38)17-15-29)36(42)26-41(31-18-21-34(46-3)35(24-31)47-4)48(44,45)32-19-12-27(2)13-20-32/h7-21,24,33H,5-6,22-23,25-26H2,1-4H3,(H,39,43). The highest BCUT2D eigenvalue weighted by Gasteiger charge is 2.35. The number of benzene rings is 4. The predicted octanol–water partition coefficient (Wildman–Crippen LogP) is 6.53. The molecule has 2 amide bonds. The quantitative estimate of drug-likeness (QED) is 0.131. The van der Waals surface area contributed by atoms with Gasteiger partial charge in [0.2, 0.25) is 11.8 Å². The summed E-state index contributed by atoms with van der Waals surface area (Å²) in [5.41, 5.74) is 2.74. The molecule has 0 saturated heterocycles. The molecule has 4 aromatic carbocycles. The van der Waals surface area contributed by atoms with Crippen LogP contribution in [0.1, 0.15) is 36.5 Å². The molecule has 0 aliphatic carbocycles. The molecule has 48 heavy (non-hydrogen) atoms. The first kappa shape index (κ1) is 36.5. The van der Waals surface area contributed by atoms with Gasteiger partial charge in [0, 0.05) is 30.0 Å². The number of sulfonamides is 1. The van der Waals surface area contributed by atoms with Gasteiger partial charge in [-0.1, -0.05) is 89.4 Å². The first-order valence-corrected chi connectivity index (χ1v) is 18.0. The van der Waals surface area contributed by atoms with Gasteiger partial charge in [0.05, 0.1) is 24.8 Å². The number of unbranched alkanes of at least 4 members (excludes halogenated alkanes) is 1. The highest BCUT2D eigenvalue weighted by Crippen LogP contribution is 2.34. The van der Waals surface area contributed by atoms with Crippen LogP contribution in [-0.2, 0) is 32.6 Å². The number of amides is 2. The molecule has 0 radical (unpaired) electrons. The van der Waals surface area contributed by atoms with Crippen LogP contribution < -0.4 is 19.1 Å². The van der Waals surface area contributed by atoms with Gasteiger partial charge < -0.3 is 19.7 Å². The average Bonchev–Trinajstić information content (AvgIpc) is 3.09. The molecule has 0 heterocycles. The van der Waals surface area contributed by atoms with Crippen LogP contribution in [0.15, 0.2) is 106 Å². The van der Waals surface area contributed by atoms with Crippen molar-refractivity contribution < 1.29 is 27.5 Å². The Bertz CT molecular complexity index is 1770. The van der Waals surface area contributed by atoms with Gasteiger partial charge in [0.15, 0.2) is 11.5 Å². The number of halogens is 1. The third-order valence-corrected chi connectivity index (χ3v) is 10.2. The van der Waals surface area contributed by atoms with Gasteiger partial charge in [-0.2, -0.15) is 0 Å². The van der Waals surface area contributed by atoms with Crippen molar-refractivity contribution in [1.29, 1.82) is 0 Å². The Morgan fingerprint density at radius 2 is 1.52 bits per heavy atom. The number of anilines is 1. The van der Waals surface area contributed by atoms with Gasteiger partial charge in [-0.25, -0.2) is 8.42 Å². The summed E-state index contributed by atoms with van der Waals surface area (Å²) in [6.45, 7) is 3.87. The molecule has 0 aliphatic heterocycles. The third-order valence-electron chi connectivity index (χ3n) is 7.91. The van der Waals surface area contributed by atoms with Crippen LogP contribution >= 0.6 is 15.9 Å². The minimum atomic E-state index is -4.26. The number of carbonyl (C=O) groups excluding carboxylic acids is 2. The first-order valence-electron chi connectivity index (χ1n) is 15.7. The molecule has 4 rings (SSSR count). The topological polar surface area (TPSA) is 105 Å². The molecular weight excluding hydrogens is 694 g/mol. The SMILES string of the molecule is CCCCNC(=O)C(Cc1ccccc1)N(Cc1ccc(Br)cc1)C(=O)CN(c1ccc(OC)c(OC)c1)S(=O)(=O)c1ccc(C)cc1. The predicted molar refractivity (Wildman–Crippen MR) is 192 cm³/mol. The zero-order valence-corrected chi connectivity index (χ0v) is 30.1. The van der Waals surface area contributed by atoms with E-state index in [9.17, 15) is 18.0 Å². The molecule has 0 spiro atoms. The normalized spacial score (nSPS) is 11.8. The maximum atomic E-state index is 14.6. The van der Waals surface area contributed by atoms with Crippen molar-refractivity contribution in [3.63, 3.8) is 0 Å². The molecule has 254 valence electrons. The van der Waals surface area contributed by atoms with Crippen molar-refractivity contribution in [2.75, 3.05) is 31.6 Å². The molecule has 0 bridgehead atoms. The van der Waals surface area contributed by atoms with Gasteiger partial charge in [0.25, 0.3) is 10.0 Å². The number of hydrogen-bond donors (Lipinski definition) is 1. The zero-order chi connectivity index (χ0) is 34.7. The van der Waals surface area contributed by atoms with E-state index in [1.807, 2.05) is 68.4 Å². The van der Waals surface area contributed by atoms with E-state index in [0.717, 1.165) is 38.3 Å². The summed E-state index contributed by atoms with van der Waals surface area (Å²) in [6.07, 6.45) is 1.91. The molecular formula is C37H42BrN3O6S. The summed E-state index contributed by atoms with van der Waals surface area (Å²) in [7, 11) is -1.32. The zero-order valence-electron chi connectivity index (χ0n) is 27.7. The van der Waals surface area contributed by atoms with E-state index in [2.05, 4.69) is 21.2 Å². The van der Waals surface area contributed by atoms with Crippen LogP contribution in [0, 0.1) is 6.92 Å². The molecule has 1 unspecified atom stereocenters. The Morgan fingerprint density at radius 1 is 0.854 bits per heavy atom. The number of nitrogens with one attached hydrogen (secondary N) is 1. The van der Waals surface area contributed by atoms with Crippen molar-refractivity contribution in [3.8, 4) is 11.5 Å². The van der Waals surface area contributed by atoms with Crippen LogP contribution in [0.5, 0.6) is 11.5 Å². The first-order chi connectivity index (χ1) is 23.1. The molecule has 1 atom stereocenters. The Morgan fingerprint density at radius 3 is 2.15 bits per heavy atom. The van der Waals surface area contributed by atoms with Crippen LogP contribution in [0.4, 0.5) is 5.69 Å². The number of aryl methyl sites for hydroxylation is 1. The van der Waals surface area contributed by atoms with E-state index in [4.69, 9.17) is 9.47 Å². The van der Waals surface area contributed by atoms with Crippen LogP contribution in [0.3, 0.4) is 0 Å². The highest BCUT2D eigenvalue weighted by atomic mass is 79.9. The number of rotatable bonds is 16. The van der Waals surface area contributed by atoms with Gasteiger partial charge >= 0.3 is 0 Å². The van der Waals surface area contributed by atoms with E-state index in [1.54, 1.807) is 24.3 Å². The lowest BCUT2D eigenvalue weighted by atomic mass is 10.0. The second-order valence-corrected chi connectivity index (χ2v) is 14.1. The summed E-state index contributed by atoms with van der Waals surface area (Å²) in [5, 5.41) is 3.01. The Labute approximate surface area is 292 Å². The maximum absolute atomic E-state index is 14.6. The number of methoxy groups -OCH3 is 2. The van der Waals surface area contributed by atoms with Gasteiger partial charge in [-0.05, 0) is 60.9 Å². The minimum Gasteiger partial charge on any atom is -0.493 e. The fraction of sp³-hybridized carbons (Fsp3) is 0.297. The summed E-state index contributed by atoms with van der Waals surface area (Å²) >= 11 is 3.46. The van der Waals surface area contributed by atoms with Crippen LogP contribution in [-0.4, -0.2) is 58.5 Å². The maximum Gasteiger partial charge on any atom is 0.264 e. The summed E-state index contributed by atoms with van der Waals surface area (Å²) in [6, 6.07) is 27.2. The van der Waals surface area contributed by atoms with E-state index in [-0.39, 0.29) is 29.5 Å². The van der Waals surface area contributed by atoms with Crippen molar-refractivity contribution in [2.24, 2.45) is 0 Å². The fourth-order valence-corrected chi connectivity index (χ4v) is 6.86. The number of hydrogen-bond acceptors (Lipinski definition) is 6. The molecule has 0 saturated carbocycles. The lowest BCUT2D eigenvalue weighted by Gasteiger charge is -2.34. The van der Waals surface area contributed by atoms with Crippen molar-refractivity contribution in [3.05, 3.63) is 118 Å². The lowest BCUT2D eigenvalue weighted by Crippen LogP contribution is -2.53. The van der Waals surface area contributed by atoms with Gasteiger partial charge in [-0.3, -0.25) is 13.9 Å². The smallest absolute Gasteiger partial charge is 0.264 e. The monoisotopic (exact) mass is 735 g/mol. The van der Waals surface area contributed by atoms with Crippen molar-refractivity contribution >= 4 is 43.5 Å². The largest absolute Gasteiger partial charge is 0.493 e. The summed E-state index contributed by atoms with van der Waals surface area (Å²) in [4.78, 5) is 30.1. The van der Waals surface area contributed by atoms with E-state index in [0.29, 0.717) is 18.0 Å². The number of nitrogens with zero attached hydrogens (tertiary/aromatic N) is 2. The summed E-state index contributed by atoms with van der Waals surface area (Å²) in [5.74, 6) is -0.147. The lowest BCUT2D eigenvalue weighted by molar-refractivity contribution is -0.140. The fourth-order valence-electron chi connectivity index (χ4n) is 5.19. The molecule has 4 aromatic rings. The second kappa shape index (κ2) is 17.2. The second-order valence-electron chi connectivity index (χ2n) is 11.4.